The van der Waals surface area contributed by atoms with E-state index in [0.717, 1.165) is 52.9 Å². The molecule has 0 fully saturated rings. The second-order valence-electron chi connectivity index (χ2n) is 5.52. The summed E-state index contributed by atoms with van der Waals surface area (Å²) in [4.78, 5) is 21.7. The number of aryl methyl sites for hydroxylation is 2. The maximum atomic E-state index is 4.77. The molecular formula is C17H17N5S. The molecule has 0 saturated carbocycles. The number of hydrogen-bond donors (Lipinski definition) is 1. The van der Waals surface area contributed by atoms with E-state index in [1.165, 1.54) is 5.56 Å². The lowest BCUT2D eigenvalue weighted by molar-refractivity contribution is 0.895. The zero-order valence-corrected chi connectivity index (χ0v) is 13.7. The van der Waals surface area contributed by atoms with Crippen LogP contribution in [0.3, 0.4) is 0 Å². The van der Waals surface area contributed by atoms with E-state index in [2.05, 4.69) is 21.9 Å². The first-order valence-electron chi connectivity index (χ1n) is 7.86. The molecule has 5 nitrogen and oxygen atoms in total. The predicted octanol–water partition coefficient (Wildman–Crippen LogP) is 3.46. The maximum absolute atomic E-state index is 4.77. The first-order chi connectivity index (χ1) is 11.3. The Labute approximate surface area is 139 Å². The van der Waals surface area contributed by atoms with Crippen molar-refractivity contribution < 1.29 is 0 Å². The molecule has 1 N–H and O–H groups in total. The second-order valence-corrected chi connectivity index (χ2v) is 6.49. The van der Waals surface area contributed by atoms with Crippen LogP contribution in [0.25, 0.3) is 11.5 Å². The molecule has 0 atom stereocenters. The Balaban J connectivity index is 1.74. The van der Waals surface area contributed by atoms with Gasteiger partial charge in [0.15, 0.2) is 11.0 Å². The molecule has 3 aromatic rings. The summed E-state index contributed by atoms with van der Waals surface area (Å²) >= 11 is 1.59. The summed E-state index contributed by atoms with van der Waals surface area (Å²) in [7, 11) is 0. The lowest BCUT2D eigenvalue weighted by atomic mass is 10.2. The van der Waals surface area contributed by atoms with E-state index in [1.54, 1.807) is 18.0 Å². The summed E-state index contributed by atoms with van der Waals surface area (Å²) in [5.41, 5.74) is 4.38. The molecule has 0 aliphatic heterocycles. The van der Waals surface area contributed by atoms with Crippen LogP contribution < -0.4 is 0 Å². The minimum atomic E-state index is 0.705. The Kier molecular flexibility index (Phi) is 3.83. The molecule has 0 unspecified atom stereocenters. The molecule has 116 valence electrons. The van der Waals surface area contributed by atoms with Crippen LogP contribution in [0.1, 0.15) is 30.3 Å². The van der Waals surface area contributed by atoms with Gasteiger partial charge in [0.1, 0.15) is 10.7 Å². The quantitative estimate of drug-likeness (QED) is 0.745. The van der Waals surface area contributed by atoms with Crippen LogP contribution >= 0.6 is 11.8 Å². The highest BCUT2D eigenvalue weighted by atomic mass is 32.2. The normalized spacial score (nSPS) is 13.3. The van der Waals surface area contributed by atoms with Crippen LogP contribution in [0.15, 0.2) is 40.8 Å². The average molecular weight is 323 g/mol. The fourth-order valence-corrected chi connectivity index (χ4v) is 3.70. The van der Waals surface area contributed by atoms with Crippen LogP contribution in [-0.2, 0) is 19.3 Å². The molecular weight excluding hydrogens is 306 g/mol. The highest BCUT2D eigenvalue weighted by Gasteiger charge is 2.21. The van der Waals surface area contributed by atoms with E-state index in [4.69, 9.17) is 9.97 Å². The van der Waals surface area contributed by atoms with Gasteiger partial charge in [-0.05, 0) is 49.6 Å². The summed E-state index contributed by atoms with van der Waals surface area (Å²) in [6.45, 7) is 2.11. The summed E-state index contributed by atoms with van der Waals surface area (Å²) in [5, 5.41) is 1.90. The van der Waals surface area contributed by atoms with Crippen molar-refractivity contribution in [2.45, 2.75) is 42.8 Å². The van der Waals surface area contributed by atoms with Crippen molar-refractivity contribution in [1.82, 2.24) is 24.9 Å². The van der Waals surface area contributed by atoms with Gasteiger partial charge in [-0.1, -0.05) is 13.0 Å². The number of pyridine rings is 1. The molecule has 1 aliphatic rings. The molecule has 0 saturated heterocycles. The van der Waals surface area contributed by atoms with E-state index >= 15 is 0 Å². The predicted molar refractivity (Wildman–Crippen MR) is 89.4 cm³/mol. The highest BCUT2D eigenvalue weighted by Crippen LogP contribution is 2.34. The van der Waals surface area contributed by atoms with Gasteiger partial charge in [-0.3, -0.25) is 4.98 Å². The number of nitrogens with zero attached hydrogens (tertiary/aromatic N) is 4. The number of rotatable bonds is 4. The fraction of sp³-hybridized carbons (Fsp3) is 0.294. The fourth-order valence-electron chi connectivity index (χ4n) is 2.75. The van der Waals surface area contributed by atoms with Crippen LogP contribution in [0, 0.1) is 0 Å². The van der Waals surface area contributed by atoms with Crippen molar-refractivity contribution >= 4 is 11.8 Å². The Hall–Kier alpha value is -2.21. The Morgan fingerprint density at radius 3 is 2.91 bits per heavy atom. The van der Waals surface area contributed by atoms with Gasteiger partial charge in [-0.25, -0.2) is 15.0 Å². The Morgan fingerprint density at radius 2 is 2.13 bits per heavy atom. The monoisotopic (exact) mass is 323 g/mol. The van der Waals surface area contributed by atoms with Gasteiger partial charge in [-0.15, -0.1) is 0 Å². The molecule has 4 rings (SSSR count). The largest absolute Gasteiger partial charge is 0.337 e. The molecule has 0 aromatic carbocycles. The van der Waals surface area contributed by atoms with E-state index in [0.29, 0.717) is 5.82 Å². The third-order valence-electron chi connectivity index (χ3n) is 3.97. The molecule has 0 bridgehead atoms. The minimum absolute atomic E-state index is 0.705. The van der Waals surface area contributed by atoms with Crippen molar-refractivity contribution in [3.05, 3.63) is 47.5 Å². The molecule has 3 aromatic heterocycles. The Bertz CT molecular complexity index is 828. The maximum Gasteiger partial charge on any atom is 0.179 e. The van der Waals surface area contributed by atoms with Crippen LogP contribution in [0.5, 0.6) is 0 Å². The van der Waals surface area contributed by atoms with Crippen LogP contribution in [0.4, 0.5) is 0 Å². The molecule has 6 heteroatoms. The van der Waals surface area contributed by atoms with E-state index in [1.807, 2.05) is 24.4 Å². The SMILES string of the molecule is CCc1cnc(Sc2nc(-c3ccccn3)nc3c2CCC3)[nH]1. The van der Waals surface area contributed by atoms with Gasteiger partial charge in [0.05, 0.1) is 0 Å². The van der Waals surface area contributed by atoms with Gasteiger partial charge < -0.3 is 4.98 Å². The third kappa shape index (κ3) is 2.86. The number of aromatic nitrogens is 5. The number of nitrogens with one attached hydrogen (secondary N) is 1. The second kappa shape index (κ2) is 6.12. The van der Waals surface area contributed by atoms with Crippen molar-refractivity contribution in [1.29, 1.82) is 0 Å². The van der Waals surface area contributed by atoms with E-state index < -0.39 is 0 Å². The zero-order valence-electron chi connectivity index (χ0n) is 12.9. The van der Waals surface area contributed by atoms with Gasteiger partial charge in [0, 0.05) is 29.3 Å². The van der Waals surface area contributed by atoms with E-state index in [9.17, 15) is 0 Å². The minimum Gasteiger partial charge on any atom is -0.337 e. The van der Waals surface area contributed by atoms with Crippen molar-refractivity contribution in [3.8, 4) is 11.5 Å². The number of imidazole rings is 1. The summed E-state index contributed by atoms with van der Waals surface area (Å²) in [6, 6.07) is 5.82. The van der Waals surface area contributed by atoms with E-state index in [-0.39, 0.29) is 0 Å². The van der Waals surface area contributed by atoms with Crippen LogP contribution in [-0.4, -0.2) is 24.9 Å². The lowest BCUT2D eigenvalue weighted by Gasteiger charge is -2.08. The number of aromatic amines is 1. The molecule has 0 amide bonds. The molecule has 0 spiro atoms. The third-order valence-corrected chi connectivity index (χ3v) is 4.90. The lowest BCUT2D eigenvalue weighted by Crippen LogP contribution is -2.00. The summed E-state index contributed by atoms with van der Waals surface area (Å²) < 4.78 is 0. The highest BCUT2D eigenvalue weighted by molar-refractivity contribution is 7.99. The molecule has 1 aliphatic carbocycles. The van der Waals surface area contributed by atoms with Gasteiger partial charge >= 0.3 is 0 Å². The van der Waals surface area contributed by atoms with Gasteiger partial charge in [0.2, 0.25) is 0 Å². The molecule has 23 heavy (non-hydrogen) atoms. The number of hydrogen-bond acceptors (Lipinski definition) is 5. The first kappa shape index (κ1) is 14.4. The summed E-state index contributed by atoms with van der Waals surface area (Å²) in [5.74, 6) is 0.705. The topological polar surface area (TPSA) is 67.3 Å². The van der Waals surface area contributed by atoms with Crippen LogP contribution in [0.2, 0.25) is 0 Å². The molecule has 0 radical (unpaired) electrons. The van der Waals surface area contributed by atoms with Crippen molar-refractivity contribution in [2.75, 3.05) is 0 Å². The number of H-pyrrole nitrogens is 1. The zero-order chi connectivity index (χ0) is 15.6. The standard InChI is InChI=1S/C17H17N5S/c1-2-11-10-19-17(20-11)23-16-12-6-5-8-13(12)21-15(22-16)14-7-3-4-9-18-14/h3-4,7,9-10H,2,5-6,8H2,1H3,(H,19,20). The van der Waals surface area contributed by atoms with Crippen molar-refractivity contribution in [3.63, 3.8) is 0 Å². The summed E-state index contributed by atoms with van der Waals surface area (Å²) in [6.07, 6.45) is 7.82. The van der Waals surface area contributed by atoms with Gasteiger partial charge in [0.25, 0.3) is 0 Å². The smallest absolute Gasteiger partial charge is 0.179 e. The van der Waals surface area contributed by atoms with Gasteiger partial charge in [-0.2, -0.15) is 0 Å². The molecule has 3 heterocycles. The number of fused-ring (bicyclic) bond motifs is 1. The van der Waals surface area contributed by atoms with Crippen molar-refractivity contribution in [2.24, 2.45) is 0 Å². The average Bonchev–Trinajstić information content (AvgIpc) is 3.24. The Morgan fingerprint density at radius 1 is 1.17 bits per heavy atom. The first-order valence-corrected chi connectivity index (χ1v) is 8.68.